The lowest BCUT2D eigenvalue weighted by Gasteiger charge is -2.07. The topological polar surface area (TPSA) is 29.1 Å². The fourth-order valence-corrected chi connectivity index (χ4v) is 2.40. The maximum Gasteiger partial charge on any atom is 0.252 e. The van der Waals surface area contributed by atoms with Crippen LogP contribution in [0, 0.1) is 9.39 Å². The summed E-state index contributed by atoms with van der Waals surface area (Å²) in [6.07, 6.45) is 1.94. The van der Waals surface area contributed by atoms with E-state index in [2.05, 4.69) is 28.2 Å². The number of amides is 1. The van der Waals surface area contributed by atoms with Crippen molar-refractivity contribution in [3.05, 3.63) is 33.1 Å². The third-order valence-corrected chi connectivity index (χ3v) is 3.59. The van der Waals surface area contributed by atoms with E-state index in [1.54, 1.807) is 0 Å². The second kappa shape index (κ2) is 7.31. The van der Waals surface area contributed by atoms with Gasteiger partial charge in [-0.3, -0.25) is 4.79 Å². The molecule has 0 aromatic heterocycles. The monoisotopic (exact) mass is 413 g/mol. The highest BCUT2D eigenvalue weighted by atomic mass is 127. The Morgan fingerprint density at radius 2 is 2.29 bits per heavy atom. The van der Waals surface area contributed by atoms with Gasteiger partial charge in [0.1, 0.15) is 5.82 Å². The highest BCUT2D eigenvalue weighted by molar-refractivity contribution is 14.1. The Bertz CT molecular complexity index is 398. The second-order valence-corrected chi connectivity index (χ2v) is 6.53. The molecule has 1 N–H and O–H groups in total. The van der Waals surface area contributed by atoms with Crippen LogP contribution in [0.2, 0.25) is 0 Å². The minimum Gasteiger partial charge on any atom is -0.352 e. The molecule has 1 atom stereocenters. The SMILES string of the molecule is CC(Br)CCCNC(=O)c1ccc(F)cc1I. The van der Waals surface area contributed by atoms with Gasteiger partial charge in [0.25, 0.3) is 5.91 Å². The molecule has 1 aromatic carbocycles. The number of hydrogen-bond acceptors (Lipinski definition) is 1. The molecule has 0 aliphatic rings. The molecule has 0 radical (unpaired) electrons. The third-order valence-electron chi connectivity index (χ3n) is 2.24. The van der Waals surface area contributed by atoms with Crippen molar-refractivity contribution in [3.8, 4) is 0 Å². The van der Waals surface area contributed by atoms with Crippen molar-refractivity contribution in [1.82, 2.24) is 5.32 Å². The number of halogens is 3. The molecular weight excluding hydrogens is 400 g/mol. The van der Waals surface area contributed by atoms with Gasteiger partial charge in [-0.1, -0.05) is 22.9 Å². The summed E-state index contributed by atoms with van der Waals surface area (Å²) in [5.41, 5.74) is 0.527. The van der Waals surface area contributed by atoms with Crippen molar-refractivity contribution in [2.24, 2.45) is 0 Å². The van der Waals surface area contributed by atoms with Crippen LogP contribution < -0.4 is 5.32 Å². The van der Waals surface area contributed by atoms with Crippen LogP contribution >= 0.6 is 38.5 Å². The molecule has 5 heteroatoms. The number of alkyl halides is 1. The average Bonchev–Trinajstić information content (AvgIpc) is 2.23. The summed E-state index contributed by atoms with van der Waals surface area (Å²) in [5.74, 6) is -0.462. The number of rotatable bonds is 5. The fraction of sp³-hybridized carbons (Fsp3) is 0.417. The summed E-state index contributed by atoms with van der Waals surface area (Å²) < 4.78 is 13.5. The zero-order valence-corrected chi connectivity index (χ0v) is 13.2. The Balaban J connectivity index is 2.47. The second-order valence-electron chi connectivity index (χ2n) is 3.80. The zero-order valence-electron chi connectivity index (χ0n) is 9.47. The molecule has 2 nitrogen and oxygen atoms in total. The zero-order chi connectivity index (χ0) is 12.8. The average molecular weight is 414 g/mol. The first-order chi connectivity index (χ1) is 8.00. The van der Waals surface area contributed by atoms with Gasteiger partial charge in [-0.2, -0.15) is 0 Å². The predicted octanol–water partition coefficient (Wildman–Crippen LogP) is 3.72. The van der Waals surface area contributed by atoms with E-state index >= 15 is 0 Å². The van der Waals surface area contributed by atoms with Crippen molar-refractivity contribution in [2.45, 2.75) is 24.6 Å². The van der Waals surface area contributed by atoms with E-state index in [9.17, 15) is 9.18 Å². The largest absolute Gasteiger partial charge is 0.352 e. The highest BCUT2D eigenvalue weighted by Gasteiger charge is 2.09. The Morgan fingerprint density at radius 1 is 1.59 bits per heavy atom. The fourth-order valence-electron chi connectivity index (χ4n) is 1.35. The van der Waals surface area contributed by atoms with Crippen LogP contribution in [0.4, 0.5) is 4.39 Å². The Hall–Kier alpha value is -0.170. The predicted molar refractivity (Wildman–Crippen MR) is 79.1 cm³/mol. The quantitative estimate of drug-likeness (QED) is 0.445. The van der Waals surface area contributed by atoms with E-state index in [4.69, 9.17) is 0 Å². The van der Waals surface area contributed by atoms with Gasteiger partial charge in [-0.25, -0.2) is 4.39 Å². The summed E-state index contributed by atoms with van der Waals surface area (Å²) >= 11 is 5.42. The lowest BCUT2D eigenvalue weighted by atomic mass is 10.2. The molecule has 0 heterocycles. The summed E-state index contributed by atoms with van der Waals surface area (Å²) in [6, 6.07) is 4.17. The normalized spacial score (nSPS) is 12.2. The van der Waals surface area contributed by atoms with Gasteiger partial charge in [-0.15, -0.1) is 0 Å². The van der Waals surface area contributed by atoms with E-state index in [1.165, 1.54) is 18.2 Å². The standard InChI is InChI=1S/C12H14BrFINO/c1-8(13)3-2-6-16-12(17)10-5-4-9(14)7-11(10)15/h4-5,7-8H,2-3,6H2,1H3,(H,16,17). The Morgan fingerprint density at radius 3 is 2.88 bits per heavy atom. The molecule has 0 fully saturated rings. The van der Waals surface area contributed by atoms with Gasteiger partial charge in [-0.05, 0) is 53.6 Å². The van der Waals surface area contributed by atoms with Crippen LogP contribution in [0.3, 0.4) is 0 Å². The van der Waals surface area contributed by atoms with Gasteiger partial charge in [0, 0.05) is 14.9 Å². The molecule has 0 spiro atoms. The van der Waals surface area contributed by atoms with Crippen molar-refractivity contribution in [2.75, 3.05) is 6.54 Å². The maximum atomic E-state index is 12.9. The third kappa shape index (κ3) is 5.33. The molecule has 1 rings (SSSR count). The summed E-state index contributed by atoms with van der Waals surface area (Å²) in [7, 11) is 0. The summed E-state index contributed by atoms with van der Waals surface area (Å²) in [4.78, 5) is 12.2. The number of carbonyl (C=O) groups is 1. The lowest BCUT2D eigenvalue weighted by molar-refractivity contribution is 0.0952. The first kappa shape index (κ1) is 14.9. The van der Waals surface area contributed by atoms with Crippen molar-refractivity contribution < 1.29 is 9.18 Å². The van der Waals surface area contributed by atoms with E-state index in [0.29, 0.717) is 20.5 Å². The first-order valence-electron chi connectivity index (χ1n) is 5.38. The maximum absolute atomic E-state index is 12.9. The molecule has 0 bridgehead atoms. The highest BCUT2D eigenvalue weighted by Crippen LogP contribution is 2.13. The van der Waals surface area contributed by atoms with Gasteiger partial charge < -0.3 is 5.32 Å². The molecule has 0 saturated carbocycles. The number of benzene rings is 1. The lowest BCUT2D eigenvalue weighted by Crippen LogP contribution is -2.25. The van der Waals surface area contributed by atoms with Crippen LogP contribution in [-0.2, 0) is 0 Å². The summed E-state index contributed by atoms with van der Waals surface area (Å²) in [5, 5.41) is 2.83. The van der Waals surface area contributed by atoms with Crippen LogP contribution in [0.25, 0.3) is 0 Å². The minimum absolute atomic E-state index is 0.142. The molecule has 94 valence electrons. The molecule has 1 amide bonds. The van der Waals surface area contributed by atoms with E-state index < -0.39 is 0 Å². The van der Waals surface area contributed by atoms with E-state index in [1.807, 2.05) is 22.6 Å². The van der Waals surface area contributed by atoms with E-state index in [0.717, 1.165) is 12.8 Å². The van der Waals surface area contributed by atoms with Gasteiger partial charge in [0.05, 0.1) is 5.56 Å². The minimum atomic E-state index is -0.320. The molecule has 1 aromatic rings. The van der Waals surface area contributed by atoms with E-state index in [-0.39, 0.29) is 11.7 Å². The van der Waals surface area contributed by atoms with Gasteiger partial charge >= 0.3 is 0 Å². The molecular formula is C12H14BrFINO. The number of nitrogens with one attached hydrogen (secondary N) is 1. The van der Waals surface area contributed by atoms with Crippen LogP contribution in [0.15, 0.2) is 18.2 Å². The molecule has 17 heavy (non-hydrogen) atoms. The number of hydrogen-bond donors (Lipinski definition) is 1. The molecule has 1 unspecified atom stereocenters. The summed E-state index contributed by atoms with van der Waals surface area (Å²) in [6.45, 7) is 2.72. The van der Waals surface area contributed by atoms with Crippen LogP contribution in [0.1, 0.15) is 30.1 Å². The molecule has 0 saturated heterocycles. The molecule has 0 aliphatic heterocycles. The first-order valence-corrected chi connectivity index (χ1v) is 7.37. The van der Waals surface area contributed by atoms with Crippen LogP contribution in [-0.4, -0.2) is 17.3 Å². The van der Waals surface area contributed by atoms with Crippen molar-refractivity contribution >= 4 is 44.4 Å². The smallest absolute Gasteiger partial charge is 0.252 e. The van der Waals surface area contributed by atoms with Crippen molar-refractivity contribution in [1.29, 1.82) is 0 Å². The van der Waals surface area contributed by atoms with Gasteiger partial charge in [0.2, 0.25) is 0 Å². The Kier molecular flexibility index (Phi) is 6.40. The Labute approximate surface area is 123 Å². The van der Waals surface area contributed by atoms with Gasteiger partial charge in [0.15, 0.2) is 0 Å². The molecule has 0 aliphatic carbocycles. The number of carbonyl (C=O) groups excluding carboxylic acids is 1. The van der Waals surface area contributed by atoms with Crippen LogP contribution in [0.5, 0.6) is 0 Å². The van der Waals surface area contributed by atoms with Crippen molar-refractivity contribution in [3.63, 3.8) is 0 Å².